The highest BCUT2D eigenvalue weighted by atomic mass is 32.2. The molecule has 8 heteroatoms. The highest BCUT2D eigenvalue weighted by Gasteiger charge is 2.26. The fourth-order valence-electron chi connectivity index (χ4n) is 3.47. The van der Waals surface area contributed by atoms with Crippen molar-refractivity contribution in [3.8, 4) is 11.5 Å². The lowest BCUT2D eigenvalue weighted by Gasteiger charge is -2.23. The van der Waals surface area contributed by atoms with Crippen LogP contribution >= 0.6 is 0 Å². The van der Waals surface area contributed by atoms with Crippen molar-refractivity contribution in [3.05, 3.63) is 83.4 Å². The van der Waals surface area contributed by atoms with Gasteiger partial charge in [-0.25, -0.2) is 8.42 Å². The van der Waals surface area contributed by atoms with Crippen molar-refractivity contribution < 1.29 is 22.7 Å². The fourth-order valence-corrected chi connectivity index (χ4v) is 4.68. The summed E-state index contributed by atoms with van der Waals surface area (Å²) in [6.45, 7) is 3.71. The van der Waals surface area contributed by atoms with E-state index in [2.05, 4.69) is 5.32 Å². The van der Waals surface area contributed by atoms with Gasteiger partial charge in [0.05, 0.1) is 36.4 Å². The largest absolute Gasteiger partial charge is 0.497 e. The van der Waals surface area contributed by atoms with Crippen LogP contribution in [-0.2, 0) is 10.0 Å². The first kappa shape index (κ1) is 24.1. The molecule has 0 fully saturated rings. The number of nitrogens with one attached hydrogen (secondary N) is 1. The summed E-state index contributed by atoms with van der Waals surface area (Å²) in [6, 6.07) is 18.1. The van der Waals surface area contributed by atoms with Crippen LogP contribution in [0.25, 0.3) is 0 Å². The molecule has 0 heterocycles. The van der Waals surface area contributed by atoms with Gasteiger partial charge in [0, 0.05) is 12.6 Å². The number of para-hydroxylation sites is 1. The lowest BCUT2D eigenvalue weighted by atomic mass is 10.1. The molecule has 174 valence electrons. The number of aryl methyl sites for hydroxylation is 1. The van der Waals surface area contributed by atoms with Gasteiger partial charge in [0.25, 0.3) is 15.9 Å². The maximum absolute atomic E-state index is 13.2. The number of ether oxygens (including phenoxy) is 2. The van der Waals surface area contributed by atoms with Gasteiger partial charge in [0.15, 0.2) is 0 Å². The predicted octanol–water partition coefficient (Wildman–Crippen LogP) is 4.33. The van der Waals surface area contributed by atoms with Crippen molar-refractivity contribution in [1.29, 1.82) is 0 Å². The van der Waals surface area contributed by atoms with Crippen LogP contribution in [0.3, 0.4) is 0 Å². The van der Waals surface area contributed by atoms with Gasteiger partial charge >= 0.3 is 0 Å². The number of benzene rings is 3. The minimum absolute atomic E-state index is 0.153. The lowest BCUT2D eigenvalue weighted by Crippen LogP contribution is -2.32. The Morgan fingerprint density at radius 1 is 0.970 bits per heavy atom. The van der Waals surface area contributed by atoms with Crippen LogP contribution in [0.5, 0.6) is 11.5 Å². The Morgan fingerprint density at radius 2 is 1.64 bits per heavy atom. The maximum Gasteiger partial charge on any atom is 0.264 e. The average molecular weight is 469 g/mol. The highest BCUT2D eigenvalue weighted by Crippen LogP contribution is 2.31. The van der Waals surface area contributed by atoms with Crippen LogP contribution in [0.15, 0.2) is 71.6 Å². The van der Waals surface area contributed by atoms with Gasteiger partial charge in [0.2, 0.25) is 0 Å². The summed E-state index contributed by atoms with van der Waals surface area (Å²) >= 11 is 0. The van der Waals surface area contributed by atoms with Crippen LogP contribution in [-0.4, -0.2) is 35.6 Å². The second-order valence-corrected chi connectivity index (χ2v) is 9.58. The molecule has 0 saturated heterocycles. The molecule has 0 aliphatic heterocycles. The number of hydrogen-bond acceptors (Lipinski definition) is 5. The van der Waals surface area contributed by atoms with Crippen molar-refractivity contribution in [3.63, 3.8) is 0 Å². The first-order valence-corrected chi connectivity index (χ1v) is 11.8. The van der Waals surface area contributed by atoms with Gasteiger partial charge < -0.3 is 14.8 Å². The van der Waals surface area contributed by atoms with E-state index in [9.17, 15) is 13.2 Å². The van der Waals surface area contributed by atoms with E-state index in [4.69, 9.17) is 9.47 Å². The second-order valence-electron chi connectivity index (χ2n) is 7.61. The molecule has 0 radical (unpaired) electrons. The maximum atomic E-state index is 13.2. The normalized spacial score (nSPS) is 12.0. The Bertz CT molecular complexity index is 1240. The van der Waals surface area contributed by atoms with E-state index in [0.29, 0.717) is 11.5 Å². The Hall–Kier alpha value is -3.52. The van der Waals surface area contributed by atoms with E-state index in [1.807, 2.05) is 13.8 Å². The SMILES string of the molecule is COc1ccc(OC)c(C(C)NC(=O)c2ccccc2N(C)S(=O)(=O)c2ccc(C)cc2)c1. The monoisotopic (exact) mass is 468 g/mol. The van der Waals surface area contributed by atoms with Crippen LogP contribution in [0.4, 0.5) is 5.69 Å². The molecule has 3 aromatic rings. The number of rotatable bonds is 8. The van der Waals surface area contributed by atoms with E-state index in [-0.39, 0.29) is 16.1 Å². The molecular formula is C25H28N2O5S. The molecular weight excluding hydrogens is 440 g/mol. The van der Waals surface area contributed by atoms with Crippen LogP contribution in [0.2, 0.25) is 0 Å². The molecule has 3 rings (SSSR count). The van der Waals surface area contributed by atoms with Crippen molar-refractivity contribution in [2.24, 2.45) is 0 Å². The van der Waals surface area contributed by atoms with Crippen LogP contribution in [0.1, 0.15) is 34.5 Å². The Balaban J connectivity index is 1.91. The van der Waals surface area contributed by atoms with Gasteiger partial charge in [0.1, 0.15) is 11.5 Å². The highest BCUT2D eigenvalue weighted by molar-refractivity contribution is 7.92. The van der Waals surface area contributed by atoms with E-state index in [0.717, 1.165) is 15.4 Å². The molecule has 1 unspecified atom stereocenters. The summed E-state index contributed by atoms with van der Waals surface area (Å²) in [5.41, 5.74) is 2.21. The Kier molecular flexibility index (Phi) is 7.28. The summed E-state index contributed by atoms with van der Waals surface area (Å²) in [6.07, 6.45) is 0. The van der Waals surface area contributed by atoms with Crippen LogP contribution < -0.4 is 19.1 Å². The zero-order valence-electron chi connectivity index (χ0n) is 19.3. The topological polar surface area (TPSA) is 84.9 Å². The molecule has 1 atom stereocenters. The van der Waals surface area contributed by atoms with Gasteiger partial charge in [-0.2, -0.15) is 0 Å². The van der Waals surface area contributed by atoms with Crippen LogP contribution in [0, 0.1) is 6.92 Å². The van der Waals surface area contributed by atoms with E-state index < -0.39 is 22.0 Å². The van der Waals surface area contributed by atoms with E-state index in [1.165, 1.54) is 7.05 Å². The third kappa shape index (κ3) is 5.12. The number of anilines is 1. The number of carbonyl (C=O) groups is 1. The third-order valence-corrected chi connectivity index (χ3v) is 7.20. The zero-order chi connectivity index (χ0) is 24.2. The fraction of sp³-hybridized carbons (Fsp3) is 0.240. The number of methoxy groups -OCH3 is 2. The number of hydrogen-bond donors (Lipinski definition) is 1. The smallest absolute Gasteiger partial charge is 0.264 e. The summed E-state index contributed by atoms with van der Waals surface area (Å²) in [5, 5.41) is 2.94. The molecule has 33 heavy (non-hydrogen) atoms. The van der Waals surface area contributed by atoms with E-state index >= 15 is 0 Å². The quantitative estimate of drug-likeness (QED) is 0.532. The van der Waals surface area contributed by atoms with E-state index in [1.54, 1.807) is 80.9 Å². The molecule has 0 saturated carbocycles. The zero-order valence-corrected chi connectivity index (χ0v) is 20.1. The van der Waals surface area contributed by atoms with Gasteiger partial charge in [-0.15, -0.1) is 0 Å². The Morgan fingerprint density at radius 3 is 2.27 bits per heavy atom. The Labute approximate surface area is 195 Å². The van der Waals surface area contributed by atoms with Crippen molar-refractivity contribution in [2.75, 3.05) is 25.6 Å². The molecule has 0 spiro atoms. The molecule has 0 aliphatic rings. The lowest BCUT2D eigenvalue weighted by molar-refractivity contribution is 0.0940. The molecule has 0 bridgehead atoms. The van der Waals surface area contributed by atoms with Crippen molar-refractivity contribution >= 4 is 21.6 Å². The molecule has 0 aliphatic carbocycles. The number of carbonyl (C=O) groups excluding carboxylic acids is 1. The summed E-state index contributed by atoms with van der Waals surface area (Å²) in [7, 11) is 0.712. The molecule has 7 nitrogen and oxygen atoms in total. The van der Waals surface area contributed by atoms with Gasteiger partial charge in [-0.3, -0.25) is 9.10 Å². The third-order valence-electron chi connectivity index (χ3n) is 5.42. The summed E-state index contributed by atoms with van der Waals surface area (Å²) in [5.74, 6) is 0.834. The minimum atomic E-state index is -3.85. The van der Waals surface area contributed by atoms with Crippen molar-refractivity contribution in [1.82, 2.24) is 5.32 Å². The number of amides is 1. The average Bonchev–Trinajstić information content (AvgIpc) is 2.83. The first-order valence-electron chi connectivity index (χ1n) is 10.4. The second kappa shape index (κ2) is 9.95. The van der Waals surface area contributed by atoms with Gasteiger partial charge in [-0.1, -0.05) is 29.8 Å². The number of sulfonamides is 1. The molecule has 0 aromatic heterocycles. The van der Waals surface area contributed by atoms with Gasteiger partial charge in [-0.05, 0) is 56.3 Å². The standard InChI is InChI=1S/C25H28N2O5S/c1-17-10-13-20(14-11-17)33(29,30)27(3)23-9-7-6-8-21(23)25(28)26-18(2)22-16-19(31-4)12-15-24(22)32-5/h6-16,18H,1-5H3,(H,26,28). The molecule has 1 amide bonds. The van der Waals surface area contributed by atoms with Crippen molar-refractivity contribution in [2.45, 2.75) is 24.8 Å². The first-order chi connectivity index (χ1) is 15.7. The summed E-state index contributed by atoms with van der Waals surface area (Å²) < 4.78 is 38.2. The molecule has 3 aromatic carbocycles. The predicted molar refractivity (Wildman–Crippen MR) is 129 cm³/mol. The minimum Gasteiger partial charge on any atom is -0.497 e. The summed E-state index contributed by atoms with van der Waals surface area (Å²) in [4.78, 5) is 13.4. The number of nitrogens with zero attached hydrogens (tertiary/aromatic N) is 1. The molecule has 1 N–H and O–H groups in total.